The first-order valence-corrected chi connectivity index (χ1v) is 8.93. The summed E-state index contributed by atoms with van der Waals surface area (Å²) in [5, 5.41) is 3.47. The number of unbranched alkanes of at least 4 members (excludes halogenated alkanes) is 1. The van der Waals surface area contributed by atoms with Gasteiger partial charge in [0.05, 0.1) is 0 Å². The Balaban J connectivity index is 1.58. The van der Waals surface area contributed by atoms with Gasteiger partial charge in [-0.2, -0.15) is 0 Å². The van der Waals surface area contributed by atoms with Crippen LogP contribution in [0.2, 0.25) is 0 Å². The summed E-state index contributed by atoms with van der Waals surface area (Å²) < 4.78 is 0. The molecule has 1 N–H and O–H groups in total. The fourth-order valence-electron chi connectivity index (χ4n) is 2.92. The zero-order chi connectivity index (χ0) is 17.3. The Hall–Kier alpha value is -2.80. The monoisotopic (exact) mass is 327 g/mol. The summed E-state index contributed by atoms with van der Waals surface area (Å²) in [5.74, 6) is 0.506. The maximum Gasteiger partial charge on any atom is 0.0384 e. The smallest absolute Gasteiger partial charge is 0.0384 e. The maximum atomic E-state index is 3.74. The molecular weight excluding hydrogens is 302 g/mol. The molecule has 1 atom stereocenters. The van der Waals surface area contributed by atoms with Crippen LogP contribution in [0.5, 0.6) is 0 Å². The number of nitrogens with one attached hydrogen (secondary N) is 1. The highest BCUT2D eigenvalue weighted by Crippen LogP contribution is 2.26. The van der Waals surface area contributed by atoms with Crippen molar-refractivity contribution in [1.82, 2.24) is 0 Å². The molecule has 0 saturated heterocycles. The third-order valence-corrected chi connectivity index (χ3v) is 4.37. The quantitative estimate of drug-likeness (QED) is 0.426. The molecule has 0 heterocycles. The van der Waals surface area contributed by atoms with Crippen LogP contribution >= 0.6 is 0 Å². The molecule has 0 aromatic heterocycles. The van der Waals surface area contributed by atoms with E-state index in [9.17, 15) is 0 Å². The van der Waals surface area contributed by atoms with Crippen LogP contribution in [0.25, 0.3) is 6.08 Å². The first kappa shape index (κ1) is 17.0. The minimum atomic E-state index is 0.506. The largest absolute Gasteiger partial charge is 0.356 e. The second-order valence-electron chi connectivity index (χ2n) is 6.29. The van der Waals surface area contributed by atoms with E-state index in [4.69, 9.17) is 0 Å². The average Bonchev–Trinajstić information content (AvgIpc) is 2.68. The third-order valence-electron chi connectivity index (χ3n) is 4.37. The van der Waals surface area contributed by atoms with Crippen LogP contribution in [0.3, 0.4) is 0 Å². The molecule has 0 spiro atoms. The summed E-state index contributed by atoms with van der Waals surface area (Å²) in [4.78, 5) is 0. The van der Waals surface area contributed by atoms with Gasteiger partial charge in [-0.1, -0.05) is 66.8 Å². The molecule has 0 saturated carbocycles. The summed E-state index contributed by atoms with van der Waals surface area (Å²) in [6.45, 7) is 3.74. The van der Waals surface area contributed by atoms with Crippen molar-refractivity contribution in [2.75, 3.05) is 5.32 Å². The van der Waals surface area contributed by atoms with E-state index in [2.05, 4.69) is 96.9 Å². The van der Waals surface area contributed by atoms with Crippen LogP contribution in [-0.4, -0.2) is 0 Å². The van der Waals surface area contributed by atoms with Gasteiger partial charge in [0.1, 0.15) is 0 Å². The lowest BCUT2D eigenvalue weighted by molar-refractivity contribution is 0.854. The van der Waals surface area contributed by atoms with Crippen LogP contribution in [0.4, 0.5) is 11.4 Å². The normalized spacial score (nSPS) is 16.2. The molecule has 1 aliphatic carbocycles. The van der Waals surface area contributed by atoms with Crippen LogP contribution in [0, 0.1) is 0 Å². The second-order valence-corrected chi connectivity index (χ2v) is 6.29. The summed E-state index contributed by atoms with van der Waals surface area (Å²) in [6, 6.07) is 17.3. The molecule has 0 amide bonds. The van der Waals surface area contributed by atoms with Crippen molar-refractivity contribution < 1.29 is 0 Å². The Labute approximate surface area is 151 Å². The lowest BCUT2D eigenvalue weighted by Crippen LogP contribution is -1.97. The Morgan fingerprint density at radius 1 is 0.920 bits per heavy atom. The fourth-order valence-corrected chi connectivity index (χ4v) is 2.92. The van der Waals surface area contributed by atoms with Crippen LogP contribution < -0.4 is 5.32 Å². The molecule has 3 rings (SSSR count). The Kier molecular flexibility index (Phi) is 6.06. The second kappa shape index (κ2) is 8.89. The van der Waals surface area contributed by atoms with E-state index in [1.807, 2.05) is 6.08 Å². The van der Waals surface area contributed by atoms with Gasteiger partial charge in [-0.15, -0.1) is 6.58 Å². The highest BCUT2D eigenvalue weighted by molar-refractivity contribution is 5.62. The Morgan fingerprint density at radius 2 is 1.64 bits per heavy atom. The van der Waals surface area contributed by atoms with Crippen molar-refractivity contribution in [3.63, 3.8) is 0 Å². The summed E-state index contributed by atoms with van der Waals surface area (Å²) in [5.41, 5.74) is 4.82. The summed E-state index contributed by atoms with van der Waals surface area (Å²) >= 11 is 0. The van der Waals surface area contributed by atoms with Gasteiger partial charge in [-0.3, -0.25) is 0 Å². The molecular formula is C24H25N. The topological polar surface area (TPSA) is 12.0 Å². The highest BCUT2D eigenvalue weighted by atomic mass is 14.9. The average molecular weight is 327 g/mol. The molecule has 25 heavy (non-hydrogen) atoms. The van der Waals surface area contributed by atoms with E-state index in [0.717, 1.165) is 30.6 Å². The first-order valence-electron chi connectivity index (χ1n) is 8.93. The van der Waals surface area contributed by atoms with Crippen molar-refractivity contribution in [3.8, 4) is 0 Å². The van der Waals surface area contributed by atoms with Gasteiger partial charge in [0.2, 0.25) is 0 Å². The number of hydrogen-bond donors (Lipinski definition) is 1. The van der Waals surface area contributed by atoms with Crippen LogP contribution in [-0.2, 0) is 0 Å². The van der Waals surface area contributed by atoms with E-state index in [1.54, 1.807) is 0 Å². The minimum absolute atomic E-state index is 0.506. The maximum absolute atomic E-state index is 3.74. The van der Waals surface area contributed by atoms with Crippen LogP contribution in [0.15, 0.2) is 91.6 Å². The highest BCUT2D eigenvalue weighted by Gasteiger charge is 2.07. The molecule has 1 unspecified atom stereocenters. The zero-order valence-electron chi connectivity index (χ0n) is 14.6. The van der Waals surface area contributed by atoms with Gasteiger partial charge in [-0.25, -0.2) is 0 Å². The molecule has 2 aromatic rings. The lowest BCUT2D eigenvalue weighted by atomic mass is 9.92. The molecule has 0 fully saturated rings. The Morgan fingerprint density at radius 3 is 2.28 bits per heavy atom. The number of rotatable bonds is 7. The van der Waals surface area contributed by atoms with E-state index in [1.165, 1.54) is 11.1 Å². The van der Waals surface area contributed by atoms with Gasteiger partial charge < -0.3 is 5.32 Å². The molecule has 1 nitrogen and oxygen atoms in total. The molecule has 0 radical (unpaired) electrons. The molecule has 1 aliphatic rings. The van der Waals surface area contributed by atoms with Crippen LogP contribution in [0.1, 0.15) is 36.3 Å². The van der Waals surface area contributed by atoms with Crippen molar-refractivity contribution in [2.45, 2.75) is 25.2 Å². The Bertz CT molecular complexity index is 761. The minimum Gasteiger partial charge on any atom is -0.356 e. The predicted octanol–water partition coefficient (Wildman–Crippen LogP) is 7.01. The van der Waals surface area contributed by atoms with E-state index in [0.29, 0.717) is 5.92 Å². The van der Waals surface area contributed by atoms with Crippen molar-refractivity contribution in [2.24, 2.45) is 0 Å². The predicted molar refractivity (Wildman–Crippen MR) is 110 cm³/mol. The van der Waals surface area contributed by atoms with Crippen molar-refractivity contribution >= 4 is 17.5 Å². The SMILES string of the molecule is C=CCC/C=C/c1ccc(Nc2ccc(C3C=CC=CC3)cc2)cc1. The van der Waals surface area contributed by atoms with E-state index in [-0.39, 0.29) is 0 Å². The summed E-state index contributed by atoms with van der Waals surface area (Å²) in [6.07, 6.45) is 18.2. The van der Waals surface area contributed by atoms with Gasteiger partial charge in [-0.05, 0) is 54.7 Å². The molecule has 0 aliphatic heterocycles. The number of anilines is 2. The van der Waals surface area contributed by atoms with Crippen molar-refractivity contribution in [3.05, 3.63) is 103 Å². The fraction of sp³-hybridized carbons (Fsp3) is 0.167. The molecule has 1 heteroatoms. The van der Waals surface area contributed by atoms with Gasteiger partial charge >= 0.3 is 0 Å². The van der Waals surface area contributed by atoms with Gasteiger partial charge in [0.15, 0.2) is 0 Å². The molecule has 0 bridgehead atoms. The number of allylic oxidation sites excluding steroid dienone is 6. The number of hydrogen-bond acceptors (Lipinski definition) is 1. The van der Waals surface area contributed by atoms with E-state index < -0.39 is 0 Å². The standard InChI is InChI=1S/C24H25N/c1-2-3-4-6-9-20-12-16-23(17-13-20)25-24-18-14-22(15-19-24)21-10-7-5-8-11-21/h2,5-10,12-19,21,25H,1,3-4,11H2/b9-6+. The van der Waals surface area contributed by atoms with E-state index >= 15 is 0 Å². The third kappa shape index (κ3) is 5.09. The lowest BCUT2D eigenvalue weighted by Gasteiger charge is -2.14. The summed E-state index contributed by atoms with van der Waals surface area (Å²) in [7, 11) is 0. The zero-order valence-corrected chi connectivity index (χ0v) is 14.6. The van der Waals surface area contributed by atoms with Gasteiger partial charge in [0.25, 0.3) is 0 Å². The van der Waals surface area contributed by atoms with Crippen molar-refractivity contribution in [1.29, 1.82) is 0 Å². The molecule has 126 valence electrons. The molecule has 2 aromatic carbocycles. The van der Waals surface area contributed by atoms with Gasteiger partial charge in [0, 0.05) is 17.3 Å². The number of benzene rings is 2. The first-order chi connectivity index (χ1) is 12.3.